The normalized spacial score (nSPS) is 10.2. The second-order valence-electron chi connectivity index (χ2n) is 4.50. The zero-order valence-electron chi connectivity index (χ0n) is 11.5. The van der Waals surface area contributed by atoms with Gasteiger partial charge in [0, 0.05) is 18.8 Å². The van der Waals surface area contributed by atoms with E-state index >= 15 is 0 Å². The molecule has 2 rings (SSSR count). The Labute approximate surface area is 120 Å². The summed E-state index contributed by atoms with van der Waals surface area (Å²) in [7, 11) is 1.61. The van der Waals surface area contributed by atoms with Crippen molar-refractivity contribution in [2.24, 2.45) is 0 Å². The highest BCUT2D eigenvalue weighted by Gasteiger charge is 2.22. The number of hydrogen-bond acceptors (Lipinski definition) is 5. The van der Waals surface area contributed by atoms with Crippen molar-refractivity contribution in [1.82, 2.24) is 4.98 Å². The lowest BCUT2D eigenvalue weighted by Gasteiger charge is -2.18. The molecule has 0 bridgehead atoms. The van der Waals surface area contributed by atoms with Crippen LogP contribution in [0.5, 0.6) is 0 Å². The number of nitrogens with zero attached hydrogens (tertiary/aromatic N) is 3. The van der Waals surface area contributed by atoms with E-state index in [1.807, 2.05) is 25.1 Å². The van der Waals surface area contributed by atoms with Crippen molar-refractivity contribution < 1.29 is 14.8 Å². The highest BCUT2D eigenvalue weighted by atomic mass is 16.6. The molecule has 0 radical (unpaired) electrons. The summed E-state index contributed by atoms with van der Waals surface area (Å²) in [5.41, 5.74) is 1.18. The first-order valence-corrected chi connectivity index (χ1v) is 6.09. The number of hydrogen-bond donors (Lipinski definition) is 1. The molecule has 0 saturated carbocycles. The second kappa shape index (κ2) is 5.58. The first-order valence-electron chi connectivity index (χ1n) is 6.09. The van der Waals surface area contributed by atoms with E-state index in [0.717, 1.165) is 17.7 Å². The van der Waals surface area contributed by atoms with Gasteiger partial charge < -0.3 is 10.0 Å². The molecule has 1 aromatic carbocycles. The van der Waals surface area contributed by atoms with Gasteiger partial charge in [-0.3, -0.25) is 10.1 Å². The number of benzene rings is 1. The predicted molar refractivity (Wildman–Crippen MR) is 77.1 cm³/mol. The fourth-order valence-electron chi connectivity index (χ4n) is 1.91. The zero-order chi connectivity index (χ0) is 15.6. The second-order valence-corrected chi connectivity index (χ2v) is 4.50. The van der Waals surface area contributed by atoms with Crippen LogP contribution >= 0.6 is 0 Å². The van der Waals surface area contributed by atoms with Gasteiger partial charge in [-0.2, -0.15) is 0 Å². The molecule has 0 amide bonds. The number of carboxylic acids is 1. The Kier molecular flexibility index (Phi) is 3.84. The van der Waals surface area contributed by atoms with E-state index in [-0.39, 0.29) is 17.2 Å². The van der Waals surface area contributed by atoms with Crippen molar-refractivity contribution in [3.05, 3.63) is 57.8 Å². The van der Waals surface area contributed by atoms with Gasteiger partial charge in [0.15, 0.2) is 5.69 Å². The van der Waals surface area contributed by atoms with Gasteiger partial charge in [0.1, 0.15) is 0 Å². The summed E-state index contributed by atoms with van der Waals surface area (Å²) in [4.78, 5) is 26.9. The minimum atomic E-state index is -1.23. The Morgan fingerprint density at radius 2 is 2.05 bits per heavy atom. The topological polar surface area (TPSA) is 96.6 Å². The number of carboxylic acid groups (broad SMARTS) is 1. The third-order valence-electron chi connectivity index (χ3n) is 2.98. The van der Waals surface area contributed by atoms with E-state index in [2.05, 4.69) is 4.98 Å². The molecule has 0 fully saturated rings. The number of carbonyl (C=O) groups is 1. The van der Waals surface area contributed by atoms with Crippen LogP contribution in [0.3, 0.4) is 0 Å². The Morgan fingerprint density at radius 3 is 2.62 bits per heavy atom. The minimum Gasteiger partial charge on any atom is -0.477 e. The number of aromatic nitrogens is 1. The molecule has 7 heteroatoms. The molecule has 0 aliphatic carbocycles. The van der Waals surface area contributed by atoms with Crippen LogP contribution in [0.15, 0.2) is 36.4 Å². The van der Waals surface area contributed by atoms with Crippen LogP contribution < -0.4 is 4.90 Å². The third-order valence-corrected chi connectivity index (χ3v) is 2.98. The molecule has 0 spiro atoms. The average Bonchev–Trinajstić information content (AvgIpc) is 2.45. The number of aryl methyl sites for hydroxylation is 1. The highest BCUT2D eigenvalue weighted by molar-refractivity contribution is 5.87. The van der Waals surface area contributed by atoms with Crippen LogP contribution in [0, 0.1) is 17.0 Å². The molecule has 1 heterocycles. The van der Waals surface area contributed by atoms with Gasteiger partial charge in [-0.05, 0) is 30.7 Å². The summed E-state index contributed by atoms with van der Waals surface area (Å²) < 4.78 is 0. The number of rotatable bonds is 4. The largest absolute Gasteiger partial charge is 0.477 e. The van der Waals surface area contributed by atoms with E-state index < -0.39 is 10.9 Å². The van der Waals surface area contributed by atoms with Crippen molar-refractivity contribution in [1.29, 1.82) is 0 Å². The average molecular weight is 287 g/mol. The Morgan fingerprint density at radius 1 is 1.33 bits per heavy atom. The zero-order valence-corrected chi connectivity index (χ0v) is 11.5. The molecule has 108 valence electrons. The Balaban J connectivity index is 2.56. The molecular formula is C14H13N3O4. The summed E-state index contributed by atoms with van der Waals surface area (Å²) in [6.45, 7) is 1.90. The van der Waals surface area contributed by atoms with Crippen LogP contribution in [-0.2, 0) is 0 Å². The standard InChI is InChI=1S/C14H13N3O4/c1-9-4-3-5-10(8-9)16(2)13-12(17(20)21)7-6-11(15-13)14(18)19/h3-8H,1-2H3,(H,18,19). The molecule has 21 heavy (non-hydrogen) atoms. The molecule has 2 aromatic rings. The molecule has 0 atom stereocenters. The maximum absolute atomic E-state index is 11.1. The first kappa shape index (κ1) is 14.4. The molecular weight excluding hydrogens is 274 g/mol. The minimum absolute atomic E-state index is 0.00880. The first-order chi connectivity index (χ1) is 9.90. The molecule has 0 aliphatic rings. The van der Waals surface area contributed by atoms with Crippen LogP contribution in [0.2, 0.25) is 0 Å². The third kappa shape index (κ3) is 2.97. The van der Waals surface area contributed by atoms with Gasteiger partial charge in [0.2, 0.25) is 5.82 Å². The number of anilines is 2. The Hall–Kier alpha value is -2.96. The number of pyridine rings is 1. The summed E-state index contributed by atoms with van der Waals surface area (Å²) in [5, 5.41) is 20.1. The fraction of sp³-hybridized carbons (Fsp3) is 0.143. The lowest BCUT2D eigenvalue weighted by atomic mass is 10.2. The van der Waals surface area contributed by atoms with Gasteiger partial charge in [-0.15, -0.1) is 0 Å². The van der Waals surface area contributed by atoms with Crippen molar-refractivity contribution in [3.63, 3.8) is 0 Å². The van der Waals surface area contributed by atoms with E-state index in [9.17, 15) is 14.9 Å². The van der Waals surface area contributed by atoms with Gasteiger partial charge in [0.05, 0.1) is 4.92 Å². The number of aromatic carboxylic acids is 1. The molecule has 0 unspecified atom stereocenters. The highest BCUT2D eigenvalue weighted by Crippen LogP contribution is 2.31. The monoisotopic (exact) mass is 287 g/mol. The van der Waals surface area contributed by atoms with Gasteiger partial charge in [-0.1, -0.05) is 12.1 Å². The van der Waals surface area contributed by atoms with E-state index in [0.29, 0.717) is 5.69 Å². The Bertz CT molecular complexity index is 715. The maximum Gasteiger partial charge on any atom is 0.354 e. The van der Waals surface area contributed by atoms with E-state index in [1.54, 1.807) is 13.1 Å². The van der Waals surface area contributed by atoms with Crippen LogP contribution in [0.25, 0.3) is 0 Å². The van der Waals surface area contributed by atoms with Crippen LogP contribution in [-0.4, -0.2) is 28.0 Å². The van der Waals surface area contributed by atoms with E-state index in [1.165, 1.54) is 4.90 Å². The lowest BCUT2D eigenvalue weighted by molar-refractivity contribution is -0.384. The van der Waals surface area contributed by atoms with Crippen molar-refractivity contribution in [2.45, 2.75) is 6.92 Å². The summed E-state index contributed by atoms with van der Waals surface area (Å²) in [6.07, 6.45) is 0. The van der Waals surface area contributed by atoms with Crippen molar-refractivity contribution >= 4 is 23.2 Å². The predicted octanol–water partition coefficient (Wildman–Crippen LogP) is 2.76. The summed E-state index contributed by atoms with van der Waals surface area (Å²) in [5.74, 6) is -1.24. The van der Waals surface area contributed by atoms with E-state index in [4.69, 9.17) is 5.11 Å². The molecule has 1 N–H and O–H groups in total. The molecule has 1 aromatic heterocycles. The van der Waals surface area contributed by atoms with Crippen LogP contribution in [0.1, 0.15) is 16.1 Å². The van der Waals surface area contributed by atoms with Crippen molar-refractivity contribution in [2.75, 3.05) is 11.9 Å². The van der Waals surface area contributed by atoms with Gasteiger partial charge in [0.25, 0.3) is 0 Å². The fourth-order valence-corrected chi connectivity index (χ4v) is 1.91. The van der Waals surface area contributed by atoms with Crippen molar-refractivity contribution in [3.8, 4) is 0 Å². The molecule has 0 saturated heterocycles. The quantitative estimate of drug-likeness (QED) is 0.686. The number of nitro groups is 1. The smallest absolute Gasteiger partial charge is 0.354 e. The summed E-state index contributed by atoms with van der Waals surface area (Å²) in [6, 6.07) is 9.58. The summed E-state index contributed by atoms with van der Waals surface area (Å²) >= 11 is 0. The van der Waals surface area contributed by atoms with Crippen LogP contribution in [0.4, 0.5) is 17.2 Å². The SMILES string of the molecule is Cc1cccc(N(C)c2nc(C(=O)O)ccc2[N+](=O)[O-])c1. The van der Waals surface area contributed by atoms with Gasteiger partial charge >= 0.3 is 11.7 Å². The molecule has 7 nitrogen and oxygen atoms in total. The maximum atomic E-state index is 11.1. The van der Waals surface area contributed by atoms with Gasteiger partial charge in [-0.25, -0.2) is 9.78 Å². The molecule has 0 aliphatic heterocycles. The lowest BCUT2D eigenvalue weighted by Crippen LogP contribution is -2.15.